The number of halogens is 3. The van der Waals surface area contributed by atoms with Gasteiger partial charge in [0.2, 0.25) is 5.91 Å². The van der Waals surface area contributed by atoms with E-state index < -0.39 is 23.2 Å². The van der Waals surface area contributed by atoms with Crippen molar-refractivity contribution in [2.75, 3.05) is 0 Å². The summed E-state index contributed by atoms with van der Waals surface area (Å²) in [4.78, 5) is 11.0. The van der Waals surface area contributed by atoms with Gasteiger partial charge in [-0.1, -0.05) is 6.92 Å². The third-order valence-corrected chi connectivity index (χ3v) is 2.34. The number of amides is 1. The number of nitriles is 1. The molecule has 1 aromatic rings. The molecule has 0 saturated carbocycles. The van der Waals surface area contributed by atoms with E-state index >= 15 is 0 Å². The van der Waals surface area contributed by atoms with Gasteiger partial charge < -0.3 is 5.73 Å². The number of hydrogen-bond donors (Lipinski definition) is 1. The highest BCUT2D eigenvalue weighted by Gasteiger charge is 2.37. The Labute approximate surface area is 95.6 Å². The molecular weight excluding hydrogens is 233 g/mol. The van der Waals surface area contributed by atoms with Crippen LogP contribution in [0.3, 0.4) is 0 Å². The Balaban J connectivity index is 3.68. The van der Waals surface area contributed by atoms with Crippen molar-refractivity contribution in [1.82, 2.24) is 0 Å². The quantitative estimate of drug-likeness (QED) is 0.864. The largest absolute Gasteiger partial charge is 0.417 e. The minimum atomic E-state index is -4.68. The molecule has 0 spiro atoms. The summed E-state index contributed by atoms with van der Waals surface area (Å²) in [6.45, 7) is 1.47. The first kappa shape index (κ1) is 13.0. The van der Waals surface area contributed by atoms with Gasteiger partial charge in [-0.05, 0) is 24.1 Å². The number of nitrogens with two attached hydrogens (primary N) is 1. The molecule has 0 aromatic heterocycles. The Bertz CT molecular complexity index is 501. The summed E-state index contributed by atoms with van der Waals surface area (Å²) in [5.74, 6) is -0.933. The maximum absolute atomic E-state index is 12.8. The number of primary amides is 1. The summed E-state index contributed by atoms with van der Waals surface area (Å²) < 4.78 is 38.5. The topological polar surface area (TPSA) is 66.9 Å². The van der Waals surface area contributed by atoms with Crippen LogP contribution in [0, 0.1) is 11.3 Å². The Morgan fingerprint density at radius 1 is 1.47 bits per heavy atom. The van der Waals surface area contributed by atoms with Crippen molar-refractivity contribution in [2.24, 2.45) is 5.73 Å². The van der Waals surface area contributed by atoms with Crippen LogP contribution in [-0.4, -0.2) is 5.91 Å². The fourth-order valence-electron chi connectivity index (χ4n) is 1.66. The molecule has 0 aliphatic rings. The van der Waals surface area contributed by atoms with E-state index in [4.69, 9.17) is 11.0 Å². The lowest BCUT2D eigenvalue weighted by Crippen LogP contribution is -2.19. The minimum Gasteiger partial charge on any atom is -0.366 e. The summed E-state index contributed by atoms with van der Waals surface area (Å²) in [6, 6.07) is 3.58. The van der Waals surface area contributed by atoms with Crippen LogP contribution in [0.25, 0.3) is 0 Å². The molecule has 0 radical (unpaired) electrons. The average molecular weight is 242 g/mol. The molecule has 3 nitrogen and oxygen atoms in total. The van der Waals surface area contributed by atoms with Crippen LogP contribution in [-0.2, 0) is 12.6 Å². The highest BCUT2D eigenvalue weighted by atomic mass is 19.4. The maximum atomic E-state index is 12.8. The van der Waals surface area contributed by atoms with Crippen molar-refractivity contribution >= 4 is 5.91 Å². The van der Waals surface area contributed by atoms with Crippen LogP contribution in [0.15, 0.2) is 12.1 Å². The Kier molecular flexibility index (Phi) is 3.42. The second-order valence-corrected chi connectivity index (χ2v) is 3.34. The zero-order valence-corrected chi connectivity index (χ0v) is 8.93. The first-order valence-electron chi connectivity index (χ1n) is 4.75. The first-order chi connectivity index (χ1) is 7.82. The molecule has 0 aliphatic carbocycles. The van der Waals surface area contributed by atoms with Crippen LogP contribution in [0.5, 0.6) is 0 Å². The molecule has 1 aromatic carbocycles. The van der Waals surface area contributed by atoms with Gasteiger partial charge in [0, 0.05) is 5.56 Å². The summed E-state index contributed by atoms with van der Waals surface area (Å²) in [5, 5.41) is 8.67. The van der Waals surface area contributed by atoms with E-state index in [2.05, 4.69) is 0 Å². The lowest BCUT2D eigenvalue weighted by molar-refractivity contribution is -0.138. The van der Waals surface area contributed by atoms with Crippen LogP contribution in [0.1, 0.15) is 34.0 Å². The van der Waals surface area contributed by atoms with Gasteiger partial charge in [0.15, 0.2) is 0 Å². The molecule has 17 heavy (non-hydrogen) atoms. The van der Waals surface area contributed by atoms with E-state index in [-0.39, 0.29) is 17.5 Å². The van der Waals surface area contributed by atoms with E-state index in [1.54, 1.807) is 0 Å². The molecule has 0 unspecified atom stereocenters. The predicted molar refractivity (Wildman–Crippen MR) is 54.1 cm³/mol. The number of hydrogen-bond acceptors (Lipinski definition) is 2. The lowest BCUT2D eigenvalue weighted by Gasteiger charge is -2.15. The maximum Gasteiger partial charge on any atom is 0.417 e. The van der Waals surface area contributed by atoms with Crippen LogP contribution >= 0.6 is 0 Å². The van der Waals surface area contributed by atoms with Crippen molar-refractivity contribution in [1.29, 1.82) is 5.26 Å². The number of carbonyl (C=O) groups is 1. The number of alkyl halides is 3. The molecule has 90 valence electrons. The van der Waals surface area contributed by atoms with Gasteiger partial charge >= 0.3 is 6.18 Å². The van der Waals surface area contributed by atoms with Gasteiger partial charge in [-0.15, -0.1) is 0 Å². The molecule has 0 fully saturated rings. The van der Waals surface area contributed by atoms with Crippen molar-refractivity contribution in [2.45, 2.75) is 19.5 Å². The summed E-state index contributed by atoms with van der Waals surface area (Å²) in [6.07, 6.45) is -4.70. The molecule has 1 rings (SSSR count). The van der Waals surface area contributed by atoms with Crippen molar-refractivity contribution in [3.05, 3.63) is 34.4 Å². The normalized spacial score (nSPS) is 11.0. The zero-order valence-electron chi connectivity index (χ0n) is 8.93. The molecule has 0 bridgehead atoms. The molecular formula is C11H9F3N2O. The summed E-state index contributed by atoms with van der Waals surface area (Å²) in [5.41, 5.74) is 3.01. The van der Waals surface area contributed by atoms with Gasteiger partial charge in [0.05, 0.1) is 17.2 Å². The lowest BCUT2D eigenvalue weighted by atomic mass is 9.94. The van der Waals surface area contributed by atoms with Crippen LogP contribution < -0.4 is 5.73 Å². The van der Waals surface area contributed by atoms with Gasteiger partial charge in [-0.25, -0.2) is 0 Å². The Morgan fingerprint density at radius 3 is 2.41 bits per heavy atom. The smallest absolute Gasteiger partial charge is 0.366 e. The van der Waals surface area contributed by atoms with Gasteiger partial charge in [-0.3, -0.25) is 4.79 Å². The molecule has 0 heterocycles. The van der Waals surface area contributed by atoms with Gasteiger partial charge in [0.25, 0.3) is 0 Å². The van der Waals surface area contributed by atoms with Gasteiger partial charge in [-0.2, -0.15) is 18.4 Å². The molecule has 0 aliphatic heterocycles. The second-order valence-electron chi connectivity index (χ2n) is 3.34. The predicted octanol–water partition coefficient (Wildman–Crippen LogP) is 2.24. The zero-order chi connectivity index (χ0) is 13.2. The van der Waals surface area contributed by atoms with Crippen molar-refractivity contribution < 1.29 is 18.0 Å². The van der Waals surface area contributed by atoms with Crippen molar-refractivity contribution in [3.63, 3.8) is 0 Å². The third-order valence-electron chi connectivity index (χ3n) is 2.34. The number of carbonyl (C=O) groups excluding carboxylic acids is 1. The summed E-state index contributed by atoms with van der Waals surface area (Å²) >= 11 is 0. The SMILES string of the molecule is CCc1c(C(N)=O)ccc(C#N)c1C(F)(F)F. The molecule has 2 N–H and O–H groups in total. The standard InChI is InChI=1S/C11H9F3N2O/c1-2-7-8(10(16)17)4-3-6(5-15)9(7)11(12,13)14/h3-4H,2H2,1H3,(H2,16,17). The summed E-state index contributed by atoms with van der Waals surface area (Å²) in [7, 11) is 0. The van der Waals surface area contributed by atoms with Crippen LogP contribution in [0.4, 0.5) is 13.2 Å². The fraction of sp³-hybridized carbons (Fsp3) is 0.273. The van der Waals surface area contributed by atoms with E-state index in [1.807, 2.05) is 0 Å². The van der Waals surface area contributed by atoms with Crippen molar-refractivity contribution in [3.8, 4) is 6.07 Å². The first-order valence-corrected chi connectivity index (χ1v) is 4.75. The highest BCUT2D eigenvalue weighted by Crippen LogP contribution is 2.36. The van der Waals surface area contributed by atoms with E-state index in [1.165, 1.54) is 13.0 Å². The molecule has 0 saturated heterocycles. The number of rotatable bonds is 2. The fourth-order valence-corrected chi connectivity index (χ4v) is 1.66. The van der Waals surface area contributed by atoms with E-state index in [0.29, 0.717) is 0 Å². The molecule has 1 amide bonds. The Morgan fingerprint density at radius 2 is 2.06 bits per heavy atom. The Hall–Kier alpha value is -2.03. The third kappa shape index (κ3) is 2.38. The minimum absolute atomic E-state index is 0.0252. The molecule has 6 heteroatoms. The highest BCUT2D eigenvalue weighted by molar-refractivity contribution is 5.95. The number of nitrogens with zero attached hydrogens (tertiary/aromatic N) is 1. The number of benzene rings is 1. The van der Waals surface area contributed by atoms with Crippen LogP contribution in [0.2, 0.25) is 0 Å². The van der Waals surface area contributed by atoms with E-state index in [9.17, 15) is 18.0 Å². The molecule has 0 atom stereocenters. The van der Waals surface area contributed by atoms with Gasteiger partial charge in [0.1, 0.15) is 0 Å². The van der Waals surface area contributed by atoms with E-state index in [0.717, 1.165) is 12.1 Å². The monoisotopic (exact) mass is 242 g/mol. The average Bonchev–Trinajstić information content (AvgIpc) is 2.25. The second kappa shape index (κ2) is 4.45.